The molecule has 1 atom stereocenters. The lowest BCUT2D eigenvalue weighted by Gasteiger charge is -2.13. The molecule has 1 N–H and O–H groups in total. The number of nitrogens with one attached hydrogen (secondary N) is 1. The summed E-state index contributed by atoms with van der Waals surface area (Å²) in [6, 6.07) is 13.6. The van der Waals surface area contributed by atoms with E-state index < -0.39 is 5.95 Å². The molecule has 1 aromatic carbocycles. The number of nitrogens with zero attached hydrogens (tertiary/aromatic N) is 1. The first kappa shape index (κ1) is 12.2. The molecule has 4 heteroatoms. The molecule has 0 aliphatic heterocycles. The van der Waals surface area contributed by atoms with E-state index in [2.05, 4.69) is 10.3 Å². The third-order valence-corrected chi connectivity index (χ3v) is 2.59. The number of halogens is 1. The minimum absolute atomic E-state index is 0.0813. The fourth-order valence-corrected chi connectivity index (χ4v) is 1.63. The van der Waals surface area contributed by atoms with Crippen LogP contribution in [-0.2, 0) is 0 Å². The zero-order valence-corrected chi connectivity index (χ0v) is 9.93. The molecule has 0 unspecified atom stereocenters. The predicted molar refractivity (Wildman–Crippen MR) is 66.5 cm³/mol. The van der Waals surface area contributed by atoms with Crippen molar-refractivity contribution in [2.24, 2.45) is 0 Å². The Labute approximate surface area is 105 Å². The molecule has 1 heterocycles. The van der Waals surface area contributed by atoms with Gasteiger partial charge in [0.1, 0.15) is 5.69 Å². The van der Waals surface area contributed by atoms with Gasteiger partial charge in [0.05, 0.1) is 6.04 Å². The first-order chi connectivity index (χ1) is 8.66. The quantitative estimate of drug-likeness (QED) is 0.843. The van der Waals surface area contributed by atoms with Crippen molar-refractivity contribution in [1.82, 2.24) is 10.3 Å². The molecule has 0 fully saturated rings. The minimum atomic E-state index is -0.657. The van der Waals surface area contributed by atoms with Gasteiger partial charge in [-0.2, -0.15) is 4.39 Å². The van der Waals surface area contributed by atoms with Crippen LogP contribution in [0.3, 0.4) is 0 Å². The zero-order valence-electron chi connectivity index (χ0n) is 9.93. The van der Waals surface area contributed by atoms with Crippen molar-refractivity contribution < 1.29 is 9.18 Å². The van der Waals surface area contributed by atoms with Crippen molar-refractivity contribution in [3.63, 3.8) is 0 Å². The molecule has 2 rings (SSSR count). The van der Waals surface area contributed by atoms with E-state index in [4.69, 9.17) is 0 Å². The highest BCUT2D eigenvalue weighted by Gasteiger charge is 2.12. The van der Waals surface area contributed by atoms with Gasteiger partial charge in [-0.15, -0.1) is 0 Å². The standard InChI is InChI=1S/C14H13FN2O/c1-10(11-6-3-2-4-7-11)16-14(18)12-8-5-9-13(15)17-12/h2-10H,1H3,(H,16,18)/t10-/m1/s1. The Kier molecular flexibility index (Phi) is 3.67. The first-order valence-corrected chi connectivity index (χ1v) is 5.65. The Morgan fingerprint density at radius 2 is 1.89 bits per heavy atom. The molecule has 0 saturated heterocycles. The van der Waals surface area contributed by atoms with Gasteiger partial charge in [-0.3, -0.25) is 4.79 Å². The number of benzene rings is 1. The van der Waals surface area contributed by atoms with Gasteiger partial charge < -0.3 is 5.32 Å². The van der Waals surface area contributed by atoms with Gasteiger partial charge in [0.25, 0.3) is 5.91 Å². The molecule has 0 aliphatic carbocycles. The van der Waals surface area contributed by atoms with E-state index in [1.807, 2.05) is 37.3 Å². The molecule has 0 aliphatic rings. The van der Waals surface area contributed by atoms with Crippen LogP contribution in [0.4, 0.5) is 4.39 Å². The highest BCUT2D eigenvalue weighted by Crippen LogP contribution is 2.11. The molecule has 1 aromatic heterocycles. The van der Waals surface area contributed by atoms with E-state index in [1.54, 1.807) is 0 Å². The maximum absolute atomic E-state index is 12.9. The molecular formula is C14H13FN2O. The van der Waals surface area contributed by atoms with Crippen molar-refractivity contribution in [2.45, 2.75) is 13.0 Å². The first-order valence-electron chi connectivity index (χ1n) is 5.65. The van der Waals surface area contributed by atoms with Crippen LogP contribution in [0, 0.1) is 5.95 Å². The molecule has 0 bridgehead atoms. The van der Waals surface area contributed by atoms with Gasteiger partial charge in [0.15, 0.2) is 0 Å². The summed E-state index contributed by atoms with van der Waals surface area (Å²) >= 11 is 0. The van der Waals surface area contributed by atoms with Gasteiger partial charge in [-0.25, -0.2) is 4.98 Å². The topological polar surface area (TPSA) is 42.0 Å². The number of carbonyl (C=O) groups is 1. The molecule has 92 valence electrons. The van der Waals surface area contributed by atoms with Crippen molar-refractivity contribution >= 4 is 5.91 Å². The number of aromatic nitrogens is 1. The molecule has 0 spiro atoms. The molecule has 18 heavy (non-hydrogen) atoms. The number of rotatable bonds is 3. The molecule has 0 saturated carbocycles. The smallest absolute Gasteiger partial charge is 0.270 e. The largest absolute Gasteiger partial charge is 0.344 e. The second-order valence-corrected chi connectivity index (χ2v) is 3.95. The van der Waals surface area contributed by atoms with E-state index in [0.717, 1.165) is 5.56 Å². The molecule has 3 nitrogen and oxygen atoms in total. The maximum atomic E-state index is 12.9. The zero-order chi connectivity index (χ0) is 13.0. The van der Waals surface area contributed by atoms with Crippen molar-refractivity contribution in [1.29, 1.82) is 0 Å². The lowest BCUT2D eigenvalue weighted by Crippen LogP contribution is -2.27. The summed E-state index contributed by atoms with van der Waals surface area (Å²) in [7, 11) is 0. The average molecular weight is 244 g/mol. The lowest BCUT2D eigenvalue weighted by atomic mass is 10.1. The van der Waals surface area contributed by atoms with Gasteiger partial charge in [0.2, 0.25) is 5.95 Å². The Morgan fingerprint density at radius 1 is 1.17 bits per heavy atom. The summed E-state index contributed by atoms with van der Waals surface area (Å²) in [5.41, 5.74) is 1.07. The molecule has 0 radical (unpaired) electrons. The normalized spacial score (nSPS) is 11.9. The summed E-state index contributed by atoms with van der Waals surface area (Å²) in [5.74, 6) is -1.04. The van der Waals surface area contributed by atoms with Crippen LogP contribution < -0.4 is 5.32 Å². The van der Waals surface area contributed by atoms with Crippen LogP contribution in [0.15, 0.2) is 48.5 Å². The summed E-state index contributed by atoms with van der Waals surface area (Å²) < 4.78 is 12.9. The monoisotopic (exact) mass is 244 g/mol. The highest BCUT2D eigenvalue weighted by atomic mass is 19.1. The Bertz CT molecular complexity index is 543. The van der Waals surface area contributed by atoms with Gasteiger partial charge in [-0.05, 0) is 24.6 Å². The van der Waals surface area contributed by atoms with E-state index in [9.17, 15) is 9.18 Å². The second kappa shape index (κ2) is 5.40. The highest BCUT2D eigenvalue weighted by molar-refractivity contribution is 5.92. The number of hydrogen-bond acceptors (Lipinski definition) is 2. The Morgan fingerprint density at radius 3 is 2.56 bits per heavy atom. The van der Waals surface area contributed by atoms with Crippen molar-refractivity contribution in [3.05, 3.63) is 65.7 Å². The number of amides is 1. The van der Waals surface area contributed by atoms with Gasteiger partial charge in [0, 0.05) is 0 Å². The summed E-state index contributed by atoms with van der Waals surface area (Å²) in [5, 5.41) is 2.77. The summed E-state index contributed by atoms with van der Waals surface area (Å²) in [4.78, 5) is 15.4. The number of pyridine rings is 1. The average Bonchev–Trinajstić information content (AvgIpc) is 2.39. The van der Waals surface area contributed by atoms with E-state index in [1.165, 1.54) is 18.2 Å². The van der Waals surface area contributed by atoms with Crippen LogP contribution in [0.2, 0.25) is 0 Å². The van der Waals surface area contributed by atoms with E-state index in [-0.39, 0.29) is 17.6 Å². The molecule has 2 aromatic rings. The van der Waals surface area contributed by atoms with E-state index in [0.29, 0.717) is 0 Å². The van der Waals surface area contributed by atoms with Crippen LogP contribution in [-0.4, -0.2) is 10.9 Å². The third-order valence-electron chi connectivity index (χ3n) is 2.59. The van der Waals surface area contributed by atoms with Crippen LogP contribution in [0.25, 0.3) is 0 Å². The molecule has 1 amide bonds. The van der Waals surface area contributed by atoms with Crippen molar-refractivity contribution in [3.8, 4) is 0 Å². The van der Waals surface area contributed by atoms with Crippen LogP contribution in [0.1, 0.15) is 29.0 Å². The van der Waals surface area contributed by atoms with Gasteiger partial charge >= 0.3 is 0 Å². The Hall–Kier alpha value is -2.23. The molecular weight excluding hydrogens is 231 g/mol. The number of hydrogen-bond donors (Lipinski definition) is 1. The fraction of sp³-hybridized carbons (Fsp3) is 0.143. The summed E-state index contributed by atoms with van der Waals surface area (Å²) in [6.45, 7) is 1.87. The van der Waals surface area contributed by atoms with Crippen LogP contribution in [0.5, 0.6) is 0 Å². The third kappa shape index (κ3) is 2.91. The maximum Gasteiger partial charge on any atom is 0.270 e. The predicted octanol–water partition coefficient (Wildman–Crippen LogP) is 2.71. The Balaban J connectivity index is 2.08. The van der Waals surface area contributed by atoms with Crippen LogP contribution >= 0.6 is 0 Å². The second-order valence-electron chi connectivity index (χ2n) is 3.95. The number of carbonyl (C=O) groups excluding carboxylic acids is 1. The summed E-state index contributed by atoms with van der Waals surface area (Å²) in [6.07, 6.45) is 0. The minimum Gasteiger partial charge on any atom is -0.344 e. The lowest BCUT2D eigenvalue weighted by molar-refractivity contribution is 0.0933. The SMILES string of the molecule is C[C@@H](NC(=O)c1cccc(F)n1)c1ccccc1. The van der Waals surface area contributed by atoms with Gasteiger partial charge in [-0.1, -0.05) is 36.4 Å². The van der Waals surface area contributed by atoms with Crippen molar-refractivity contribution in [2.75, 3.05) is 0 Å². The fourth-order valence-electron chi connectivity index (χ4n) is 1.63. The van der Waals surface area contributed by atoms with E-state index >= 15 is 0 Å².